The minimum absolute atomic E-state index is 0.0781. The molecular formula is C8H9N2O8P. The van der Waals surface area contributed by atoms with Crippen molar-refractivity contribution in [2.45, 2.75) is 6.61 Å². The second-order valence-electron chi connectivity index (χ2n) is 3.51. The Morgan fingerprint density at radius 1 is 1.11 bits per heavy atom. The fraction of sp³-hybridized carbons (Fsp3) is 0.250. The van der Waals surface area contributed by atoms with Crippen molar-refractivity contribution in [1.29, 1.82) is 0 Å². The number of ether oxygens (including phenoxy) is 1. The lowest BCUT2D eigenvalue weighted by Gasteiger charge is -2.05. The molecule has 0 heterocycles. The molecule has 0 unspecified atom stereocenters. The van der Waals surface area contributed by atoms with Crippen LogP contribution in [0.3, 0.4) is 0 Å². The summed E-state index contributed by atoms with van der Waals surface area (Å²) in [5, 5.41) is 21.2. The maximum absolute atomic E-state index is 10.6. The van der Waals surface area contributed by atoms with Crippen LogP contribution in [-0.2, 0) is 15.9 Å². The van der Waals surface area contributed by atoms with Crippen LogP contribution < -0.4 is 0 Å². The van der Waals surface area contributed by atoms with Gasteiger partial charge in [-0.3, -0.25) is 24.8 Å². The lowest BCUT2D eigenvalue weighted by atomic mass is 10.2. The molecule has 0 saturated carbocycles. The molecule has 19 heavy (non-hydrogen) atoms. The Morgan fingerprint density at radius 2 is 1.58 bits per heavy atom. The zero-order chi connectivity index (χ0) is 14.6. The van der Waals surface area contributed by atoms with Gasteiger partial charge in [-0.2, -0.15) is 0 Å². The number of rotatable bonds is 6. The number of non-ortho nitro benzene ring substituents is 2. The second-order valence-corrected chi connectivity index (χ2v) is 5.10. The third-order valence-corrected chi connectivity index (χ3v) is 2.43. The van der Waals surface area contributed by atoms with E-state index in [-0.39, 0.29) is 12.2 Å². The summed E-state index contributed by atoms with van der Waals surface area (Å²) < 4.78 is 15.2. The van der Waals surface area contributed by atoms with E-state index in [0.717, 1.165) is 18.2 Å². The van der Waals surface area contributed by atoms with Crippen molar-refractivity contribution in [3.63, 3.8) is 0 Å². The molecule has 1 aromatic carbocycles. The summed E-state index contributed by atoms with van der Waals surface area (Å²) in [6, 6.07) is 2.85. The minimum atomic E-state index is -4.35. The first-order valence-corrected chi connectivity index (χ1v) is 6.54. The highest BCUT2D eigenvalue weighted by atomic mass is 31.2. The monoisotopic (exact) mass is 292 g/mol. The van der Waals surface area contributed by atoms with Gasteiger partial charge in [0.15, 0.2) is 0 Å². The normalized spacial score (nSPS) is 11.3. The standard InChI is InChI=1S/C8H9N2O8P/c11-9(12)7-1-6(2-8(3-7)10(13)14)4-18-5-19(15,16)17/h1-3H,4-5H2,(H2,15,16,17). The topological polar surface area (TPSA) is 153 Å². The molecule has 0 atom stereocenters. The molecule has 0 aliphatic heterocycles. The first-order valence-electron chi connectivity index (χ1n) is 4.74. The average molecular weight is 292 g/mol. The molecule has 104 valence electrons. The molecule has 0 amide bonds. The van der Waals surface area contributed by atoms with Gasteiger partial charge in [0.1, 0.15) is 6.35 Å². The van der Waals surface area contributed by atoms with E-state index in [0.29, 0.717) is 0 Å². The quantitative estimate of drug-likeness (QED) is 0.449. The van der Waals surface area contributed by atoms with Crippen LogP contribution in [0.2, 0.25) is 0 Å². The number of nitro groups is 2. The van der Waals surface area contributed by atoms with Gasteiger partial charge in [0.25, 0.3) is 11.4 Å². The molecule has 0 aliphatic rings. The molecule has 11 heteroatoms. The first kappa shape index (κ1) is 15.2. The summed E-state index contributed by atoms with van der Waals surface area (Å²) in [6.45, 7) is -0.381. The fourth-order valence-corrected chi connectivity index (χ4v) is 1.56. The Hall–Kier alpha value is -1.87. The van der Waals surface area contributed by atoms with E-state index in [2.05, 4.69) is 4.74 Å². The summed E-state index contributed by atoms with van der Waals surface area (Å²) in [5.74, 6) is 0. The van der Waals surface area contributed by atoms with Gasteiger partial charge in [-0.15, -0.1) is 0 Å². The Labute approximate surface area is 106 Å². The van der Waals surface area contributed by atoms with Crippen LogP contribution in [0.4, 0.5) is 11.4 Å². The molecule has 10 nitrogen and oxygen atoms in total. The Balaban J connectivity index is 2.91. The molecule has 0 aromatic heterocycles. The minimum Gasteiger partial charge on any atom is -0.364 e. The molecule has 0 saturated heterocycles. The molecule has 1 aromatic rings. The van der Waals surface area contributed by atoms with Gasteiger partial charge in [0, 0.05) is 12.1 Å². The third-order valence-electron chi connectivity index (χ3n) is 1.91. The Bertz CT molecular complexity index is 521. The van der Waals surface area contributed by atoms with Gasteiger partial charge < -0.3 is 14.5 Å². The van der Waals surface area contributed by atoms with Crippen molar-refractivity contribution in [1.82, 2.24) is 0 Å². The molecule has 0 spiro atoms. The van der Waals surface area contributed by atoms with Crippen LogP contribution in [0, 0.1) is 20.2 Å². The van der Waals surface area contributed by atoms with Gasteiger partial charge in [0.2, 0.25) is 0 Å². The van der Waals surface area contributed by atoms with Gasteiger partial charge in [0.05, 0.1) is 22.5 Å². The van der Waals surface area contributed by atoms with E-state index >= 15 is 0 Å². The first-order chi connectivity index (χ1) is 8.69. The summed E-state index contributed by atoms with van der Waals surface area (Å²) >= 11 is 0. The Kier molecular flexibility index (Phi) is 4.67. The van der Waals surface area contributed by atoms with Crippen LogP contribution >= 0.6 is 7.60 Å². The van der Waals surface area contributed by atoms with Crippen molar-refractivity contribution in [2.24, 2.45) is 0 Å². The predicted octanol–water partition coefficient (Wildman–Crippen LogP) is 1.15. The molecule has 1 rings (SSSR count). The van der Waals surface area contributed by atoms with Crippen LogP contribution in [0.25, 0.3) is 0 Å². The molecule has 0 radical (unpaired) electrons. The van der Waals surface area contributed by atoms with E-state index in [1.165, 1.54) is 0 Å². The number of hydrogen-bond acceptors (Lipinski definition) is 6. The highest BCUT2D eigenvalue weighted by Crippen LogP contribution is 2.34. The lowest BCUT2D eigenvalue weighted by Crippen LogP contribution is -1.99. The third kappa shape index (κ3) is 5.10. The predicted molar refractivity (Wildman–Crippen MR) is 61.5 cm³/mol. The summed E-state index contributed by atoms with van der Waals surface area (Å²) in [6.07, 6.45) is -0.872. The van der Waals surface area contributed by atoms with E-state index in [9.17, 15) is 24.8 Å². The molecule has 0 aliphatic carbocycles. The van der Waals surface area contributed by atoms with Gasteiger partial charge in [-0.25, -0.2) is 0 Å². The summed E-state index contributed by atoms with van der Waals surface area (Å²) in [5.41, 5.74) is -0.915. The zero-order valence-corrected chi connectivity index (χ0v) is 10.2. The molecule has 2 N–H and O–H groups in total. The smallest absolute Gasteiger partial charge is 0.350 e. The van der Waals surface area contributed by atoms with E-state index in [4.69, 9.17) is 9.79 Å². The number of hydrogen-bond donors (Lipinski definition) is 2. The van der Waals surface area contributed by atoms with Crippen molar-refractivity contribution < 1.29 is 28.9 Å². The van der Waals surface area contributed by atoms with Crippen molar-refractivity contribution in [3.05, 3.63) is 44.0 Å². The molecule has 0 fully saturated rings. The van der Waals surface area contributed by atoms with Crippen LogP contribution in [-0.4, -0.2) is 26.0 Å². The van der Waals surface area contributed by atoms with Crippen molar-refractivity contribution >= 4 is 19.0 Å². The van der Waals surface area contributed by atoms with E-state index < -0.39 is 35.2 Å². The largest absolute Gasteiger partial charge is 0.364 e. The van der Waals surface area contributed by atoms with E-state index in [1.54, 1.807) is 0 Å². The SMILES string of the molecule is O=[N+]([O-])c1cc(COCP(=O)(O)O)cc([N+](=O)[O-])c1. The van der Waals surface area contributed by atoms with Crippen molar-refractivity contribution in [3.8, 4) is 0 Å². The van der Waals surface area contributed by atoms with Gasteiger partial charge in [-0.1, -0.05) is 0 Å². The highest BCUT2D eigenvalue weighted by molar-refractivity contribution is 7.51. The Morgan fingerprint density at radius 3 is 1.95 bits per heavy atom. The maximum atomic E-state index is 10.6. The van der Waals surface area contributed by atoms with Crippen LogP contribution in [0.1, 0.15) is 5.56 Å². The molecular weight excluding hydrogens is 283 g/mol. The van der Waals surface area contributed by atoms with Crippen LogP contribution in [0.15, 0.2) is 18.2 Å². The fourth-order valence-electron chi connectivity index (χ4n) is 1.23. The van der Waals surface area contributed by atoms with Gasteiger partial charge >= 0.3 is 7.60 Å². The zero-order valence-electron chi connectivity index (χ0n) is 9.33. The number of nitrogens with zero attached hydrogens (tertiary/aromatic N) is 2. The maximum Gasteiger partial charge on any atom is 0.350 e. The number of nitro benzene ring substituents is 2. The molecule has 0 bridgehead atoms. The van der Waals surface area contributed by atoms with E-state index in [1.807, 2.05) is 0 Å². The van der Waals surface area contributed by atoms with Gasteiger partial charge in [-0.05, 0) is 5.56 Å². The average Bonchev–Trinajstić information content (AvgIpc) is 2.26. The highest BCUT2D eigenvalue weighted by Gasteiger charge is 2.18. The summed E-state index contributed by atoms with van der Waals surface area (Å²) in [7, 11) is -4.35. The van der Waals surface area contributed by atoms with Crippen molar-refractivity contribution in [2.75, 3.05) is 6.35 Å². The number of benzene rings is 1. The summed E-state index contributed by atoms with van der Waals surface area (Å²) in [4.78, 5) is 36.6. The lowest BCUT2D eigenvalue weighted by molar-refractivity contribution is -0.394. The second kappa shape index (κ2) is 5.85. The van der Waals surface area contributed by atoms with Crippen LogP contribution in [0.5, 0.6) is 0 Å².